The molecular weight excluding hydrogens is 364 g/mol. The van der Waals surface area contributed by atoms with Gasteiger partial charge in [-0.25, -0.2) is 0 Å². The molecule has 0 spiro atoms. The number of ketones is 1. The standard InChI is InChI=1S/C21H20O7/c1-24-14-5-7-19(26-3)17(9-14)18(22)12-28-21(23)8-13-11-27-20-10-15(25-2)4-6-16(13)20/h4-7,9-11H,8,12H2,1-3H3. The lowest BCUT2D eigenvalue weighted by Crippen LogP contribution is -2.16. The molecule has 0 aliphatic rings. The highest BCUT2D eigenvalue weighted by Gasteiger charge is 2.17. The number of carbonyl (C=O) groups is 2. The van der Waals surface area contributed by atoms with Crippen molar-refractivity contribution in [2.45, 2.75) is 6.42 Å². The fourth-order valence-electron chi connectivity index (χ4n) is 2.79. The van der Waals surface area contributed by atoms with Crippen molar-refractivity contribution in [2.75, 3.05) is 27.9 Å². The van der Waals surface area contributed by atoms with Crippen LogP contribution in [0.2, 0.25) is 0 Å². The van der Waals surface area contributed by atoms with Crippen molar-refractivity contribution in [3.05, 3.63) is 53.8 Å². The van der Waals surface area contributed by atoms with Gasteiger partial charge in [-0.1, -0.05) is 0 Å². The summed E-state index contributed by atoms with van der Waals surface area (Å²) < 4.78 is 26.1. The van der Waals surface area contributed by atoms with Gasteiger partial charge in [0.05, 0.1) is 39.6 Å². The van der Waals surface area contributed by atoms with Crippen LogP contribution < -0.4 is 14.2 Å². The number of esters is 1. The van der Waals surface area contributed by atoms with Crippen LogP contribution in [0.4, 0.5) is 0 Å². The van der Waals surface area contributed by atoms with Gasteiger partial charge in [0.25, 0.3) is 0 Å². The van der Waals surface area contributed by atoms with Crippen LogP contribution in [0.3, 0.4) is 0 Å². The summed E-state index contributed by atoms with van der Waals surface area (Å²) in [5, 5.41) is 0.790. The Morgan fingerprint density at radius 1 is 0.929 bits per heavy atom. The van der Waals surface area contributed by atoms with Crippen molar-refractivity contribution < 1.29 is 33.0 Å². The number of benzene rings is 2. The molecule has 0 atom stereocenters. The van der Waals surface area contributed by atoms with Gasteiger partial charge in [0, 0.05) is 17.0 Å². The van der Waals surface area contributed by atoms with Crippen LogP contribution in [0.15, 0.2) is 47.1 Å². The quantitative estimate of drug-likeness (QED) is 0.434. The number of hydrogen-bond acceptors (Lipinski definition) is 7. The van der Waals surface area contributed by atoms with E-state index < -0.39 is 12.6 Å². The molecule has 0 bridgehead atoms. The first-order chi connectivity index (χ1) is 13.5. The van der Waals surface area contributed by atoms with Gasteiger partial charge < -0.3 is 23.4 Å². The lowest BCUT2D eigenvalue weighted by Gasteiger charge is -2.10. The third-order valence-corrected chi connectivity index (χ3v) is 4.27. The zero-order chi connectivity index (χ0) is 20.1. The van der Waals surface area contributed by atoms with Crippen LogP contribution >= 0.6 is 0 Å². The van der Waals surface area contributed by atoms with Crippen molar-refractivity contribution in [3.63, 3.8) is 0 Å². The number of furan rings is 1. The smallest absolute Gasteiger partial charge is 0.310 e. The molecule has 0 saturated heterocycles. The van der Waals surface area contributed by atoms with Gasteiger partial charge in [-0.15, -0.1) is 0 Å². The van der Waals surface area contributed by atoms with E-state index in [1.807, 2.05) is 6.07 Å². The molecule has 2 aromatic carbocycles. The van der Waals surface area contributed by atoms with Crippen LogP contribution in [0.25, 0.3) is 11.0 Å². The van der Waals surface area contributed by atoms with E-state index in [4.69, 9.17) is 23.4 Å². The van der Waals surface area contributed by atoms with Crippen LogP contribution in [0, 0.1) is 0 Å². The van der Waals surface area contributed by atoms with Crippen LogP contribution in [0.1, 0.15) is 15.9 Å². The second-order valence-electron chi connectivity index (χ2n) is 5.95. The van der Waals surface area contributed by atoms with E-state index >= 15 is 0 Å². The molecule has 0 aliphatic carbocycles. The van der Waals surface area contributed by atoms with Crippen LogP contribution in [-0.4, -0.2) is 39.7 Å². The average molecular weight is 384 g/mol. The Hall–Kier alpha value is -3.48. The lowest BCUT2D eigenvalue weighted by atomic mass is 10.1. The van der Waals surface area contributed by atoms with Gasteiger partial charge in [0.1, 0.15) is 22.8 Å². The molecule has 0 saturated carbocycles. The molecule has 28 heavy (non-hydrogen) atoms. The predicted molar refractivity (Wildman–Crippen MR) is 101 cm³/mol. The minimum Gasteiger partial charge on any atom is -0.497 e. The number of methoxy groups -OCH3 is 3. The molecule has 7 nitrogen and oxygen atoms in total. The molecule has 146 valence electrons. The molecule has 0 aliphatic heterocycles. The highest BCUT2D eigenvalue weighted by Crippen LogP contribution is 2.27. The van der Waals surface area contributed by atoms with Crippen molar-refractivity contribution in [3.8, 4) is 17.2 Å². The van der Waals surface area contributed by atoms with Crippen LogP contribution in [-0.2, 0) is 16.0 Å². The summed E-state index contributed by atoms with van der Waals surface area (Å²) in [6.07, 6.45) is 1.49. The Morgan fingerprint density at radius 3 is 2.36 bits per heavy atom. The molecule has 1 aromatic heterocycles. The maximum Gasteiger partial charge on any atom is 0.310 e. The van der Waals surface area contributed by atoms with Crippen molar-refractivity contribution in [1.82, 2.24) is 0 Å². The highest BCUT2D eigenvalue weighted by molar-refractivity contribution is 6.01. The first kappa shape index (κ1) is 19.3. The molecular formula is C21H20O7. The van der Waals surface area contributed by atoms with Crippen molar-refractivity contribution in [1.29, 1.82) is 0 Å². The third-order valence-electron chi connectivity index (χ3n) is 4.27. The summed E-state index contributed by atoms with van der Waals surface area (Å²) in [5.41, 5.74) is 1.57. The minimum absolute atomic E-state index is 0.0120. The number of hydrogen-bond donors (Lipinski definition) is 0. The molecule has 0 N–H and O–H groups in total. The number of ether oxygens (including phenoxy) is 4. The van der Waals surface area contributed by atoms with E-state index in [-0.39, 0.29) is 17.8 Å². The zero-order valence-electron chi connectivity index (χ0n) is 15.8. The largest absolute Gasteiger partial charge is 0.497 e. The minimum atomic E-state index is -0.534. The van der Waals surface area contributed by atoms with E-state index in [0.29, 0.717) is 28.4 Å². The molecule has 0 unspecified atom stereocenters. The van der Waals surface area contributed by atoms with Gasteiger partial charge in [-0.2, -0.15) is 0 Å². The highest BCUT2D eigenvalue weighted by atomic mass is 16.5. The molecule has 0 radical (unpaired) electrons. The molecule has 3 rings (SSSR count). The van der Waals surface area contributed by atoms with E-state index in [1.165, 1.54) is 20.5 Å². The Labute approximate surface area is 161 Å². The maximum atomic E-state index is 12.4. The zero-order valence-corrected chi connectivity index (χ0v) is 15.8. The van der Waals surface area contributed by atoms with E-state index in [1.54, 1.807) is 37.4 Å². The van der Waals surface area contributed by atoms with Gasteiger partial charge in [0.2, 0.25) is 5.78 Å². The second kappa shape index (κ2) is 8.47. The Morgan fingerprint density at radius 2 is 1.64 bits per heavy atom. The predicted octanol–water partition coefficient (Wildman–Crippen LogP) is 3.43. The molecule has 3 aromatic rings. The van der Waals surface area contributed by atoms with Gasteiger partial charge in [0.15, 0.2) is 6.61 Å². The Balaban J connectivity index is 1.65. The van der Waals surface area contributed by atoms with Crippen LogP contribution in [0.5, 0.6) is 17.2 Å². The number of rotatable bonds is 8. The normalized spacial score (nSPS) is 10.5. The van der Waals surface area contributed by atoms with E-state index in [9.17, 15) is 9.59 Å². The summed E-state index contributed by atoms with van der Waals surface area (Å²) in [5.74, 6) is 0.640. The lowest BCUT2D eigenvalue weighted by molar-refractivity contribution is -0.141. The molecule has 0 fully saturated rings. The molecule has 7 heteroatoms. The van der Waals surface area contributed by atoms with E-state index in [2.05, 4.69) is 0 Å². The average Bonchev–Trinajstić information content (AvgIpc) is 3.13. The first-order valence-corrected chi connectivity index (χ1v) is 8.50. The fourth-order valence-corrected chi connectivity index (χ4v) is 2.79. The first-order valence-electron chi connectivity index (χ1n) is 8.50. The number of fused-ring (bicyclic) bond motifs is 1. The fraction of sp³-hybridized carbons (Fsp3) is 0.238. The Bertz CT molecular complexity index is 1000. The Kier molecular flexibility index (Phi) is 5.84. The summed E-state index contributed by atoms with van der Waals surface area (Å²) in [7, 11) is 4.53. The van der Waals surface area contributed by atoms with E-state index in [0.717, 1.165) is 5.39 Å². The SMILES string of the molecule is COc1ccc(OC)c(C(=O)COC(=O)Cc2coc3cc(OC)ccc23)c1. The monoisotopic (exact) mass is 384 g/mol. The van der Waals surface area contributed by atoms with Gasteiger partial charge in [-0.3, -0.25) is 9.59 Å². The maximum absolute atomic E-state index is 12.4. The second-order valence-corrected chi connectivity index (χ2v) is 5.95. The summed E-state index contributed by atoms with van der Waals surface area (Å²) >= 11 is 0. The summed E-state index contributed by atoms with van der Waals surface area (Å²) in [6.45, 7) is -0.397. The van der Waals surface area contributed by atoms with Crippen molar-refractivity contribution >= 4 is 22.7 Å². The summed E-state index contributed by atoms with van der Waals surface area (Å²) in [6, 6.07) is 10.2. The van der Waals surface area contributed by atoms with Gasteiger partial charge >= 0.3 is 5.97 Å². The molecule has 0 amide bonds. The third kappa shape index (κ3) is 4.09. The molecule has 1 heterocycles. The van der Waals surface area contributed by atoms with Gasteiger partial charge in [-0.05, 0) is 30.3 Å². The number of Topliss-reactive ketones (excluding diaryl/α,β-unsaturated/α-hetero) is 1. The summed E-state index contributed by atoms with van der Waals surface area (Å²) in [4.78, 5) is 24.6. The number of carbonyl (C=O) groups excluding carboxylic acids is 2. The topological polar surface area (TPSA) is 84.2 Å². The van der Waals surface area contributed by atoms with Crippen molar-refractivity contribution in [2.24, 2.45) is 0 Å².